The molecule has 1 heterocycles. The lowest BCUT2D eigenvalue weighted by Crippen LogP contribution is -2.31. The minimum atomic E-state index is 0.470. The van der Waals surface area contributed by atoms with Crippen LogP contribution in [0, 0.1) is 11.3 Å². The topological polar surface area (TPSA) is 9.23 Å². The average molecular weight is 156 g/mol. The van der Waals surface area contributed by atoms with Gasteiger partial charge in [-0.25, -0.2) is 0 Å². The Morgan fingerprint density at radius 3 is 2.27 bits per heavy atom. The summed E-state index contributed by atoms with van der Waals surface area (Å²) in [5.41, 5.74) is 0.470. The normalized spacial score (nSPS) is 33.8. The van der Waals surface area contributed by atoms with E-state index in [1.54, 1.807) is 0 Å². The van der Waals surface area contributed by atoms with Crippen molar-refractivity contribution in [2.75, 3.05) is 6.61 Å². The second-order valence-corrected chi connectivity index (χ2v) is 4.77. The van der Waals surface area contributed by atoms with Crippen LogP contribution in [0.5, 0.6) is 0 Å². The van der Waals surface area contributed by atoms with Crippen molar-refractivity contribution < 1.29 is 4.74 Å². The van der Waals surface area contributed by atoms with Gasteiger partial charge in [-0.2, -0.15) is 0 Å². The third kappa shape index (κ3) is 2.48. The van der Waals surface area contributed by atoms with Crippen molar-refractivity contribution in [2.45, 2.75) is 46.6 Å². The molecule has 0 aliphatic carbocycles. The standard InChI is InChI=1S/C10H20O/c1-8-7-9(5-6-11-8)10(2,3)4/h8-9H,5-7H2,1-4H3. The molecule has 0 aromatic carbocycles. The Bertz CT molecular complexity index is 123. The molecular weight excluding hydrogens is 136 g/mol. The molecule has 11 heavy (non-hydrogen) atoms. The average Bonchev–Trinajstić information content (AvgIpc) is 1.86. The minimum Gasteiger partial charge on any atom is -0.378 e. The Kier molecular flexibility index (Phi) is 2.58. The Morgan fingerprint density at radius 2 is 1.91 bits per heavy atom. The van der Waals surface area contributed by atoms with Gasteiger partial charge in [-0.1, -0.05) is 20.8 Å². The highest BCUT2D eigenvalue weighted by Gasteiger charge is 2.29. The van der Waals surface area contributed by atoms with Gasteiger partial charge in [0.25, 0.3) is 0 Å². The summed E-state index contributed by atoms with van der Waals surface area (Å²) in [5, 5.41) is 0. The number of rotatable bonds is 0. The van der Waals surface area contributed by atoms with Crippen LogP contribution in [-0.4, -0.2) is 12.7 Å². The Hall–Kier alpha value is -0.0400. The number of ether oxygens (including phenoxy) is 1. The van der Waals surface area contributed by atoms with E-state index in [9.17, 15) is 0 Å². The molecule has 1 aliphatic rings. The molecule has 1 fully saturated rings. The second kappa shape index (κ2) is 3.14. The maximum Gasteiger partial charge on any atom is 0.0549 e. The van der Waals surface area contributed by atoms with Gasteiger partial charge >= 0.3 is 0 Å². The zero-order valence-electron chi connectivity index (χ0n) is 8.18. The van der Waals surface area contributed by atoms with Crippen LogP contribution in [0.3, 0.4) is 0 Å². The van der Waals surface area contributed by atoms with Crippen molar-refractivity contribution in [1.29, 1.82) is 0 Å². The van der Waals surface area contributed by atoms with E-state index in [4.69, 9.17) is 4.74 Å². The van der Waals surface area contributed by atoms with Crippen LogP contribution in [0.25, 0.3) is 0 Å². The fraction of sp³-hybridized carbons (Fsp3) is 1.00. The monoisotopic (exact) mass is 156 g/mol. The predicted molar refractivity (Wildman–Crippen MR) is 47.6 cm³/mol. The van der Waals surface area contributed by atoms with Crippen molar-refractivity contribution in [2.24, 2.45) is 11.3 Å². The van der Waals surface area contributed by atoms with Gasteiger partial charge in [-0.05, 0) is 31.1 Å². The van der Waals surface area contributed by atoms with E-state index in [-0.39, 0.29) is 0 Å². The highest BCUT2D eigenvalue weighted by atomic mass is 16.5. The Balaban J connectivity index is 2.46. The van der Waals surface area contributed by atoms with E-state index in [1.165, 1.54) is 12.8 Å². The maximum absolute atomic E-state index is 5.50. The SMILES string of the molecule is CC1CC(C(C)(C)C)CCO1. The van der Waals surface area contributed by atoms with Crippen molar-refractivity contribution in [1.82, 2.24) is 0 Å². The molecule has 1 saturated heterocycles. The van der Waals surface area contributed by atoms with Gasteiger partial charge in [0, 0.05) is 6.61 Å². The third-order valence-electron chi connectivity index (χ3n) is 2.71. The summed E-state index contributed by atoms with van der Waals surface area (Å²) in [5.74, 6) is 0.853. The zero-order valence-corrected chi connectivity index (χ0v) is 8.18. The molecule has 1 aliphatic heterocycles. The molecule has 0 radical (unpaired) electrons. The first-order chi connectivity index (χ1) is 5.00. The van der Waals surface area contributed by atoms with Crippen LogP contribution in [-0.2, 0) is 4.74 Å². The van der Waals surface area contributed by atoms with Gasteiger partial charge < -0.3 is 4.74 Å². The molecule has 1 heteroatoms. The highest BCUT2D eigenvalue weighted by molar-refractivity contribution is 4.78. The molecule has 0 aromatic heterocycles. The van der Waals surface area contributed by atoms with Crippen molar-refractivity contribution in [3.05, 3.63) is 0 Å². The molecule has 2 unspecified atom stereocenters. The molecule has 1 rings (SSSR count). The Morgan fingerprint density at radius 1 is 1.27 bits per heavy atom. The molecular formula is C10H20O. The van der Waals surface area contributed by atoms with E-state index in [2.05, 4.69) is 27.7 Å². The maximum atomic E-state index is 5.50. The van der Waals surface area contributed by atoms with Gasteiger partial charge in [0.15, 0.2) is 0 Å². The molecule has 0 amide bonds. The molecule has 0 saturated carbocycles. The van der Waals surface area contributed by atoms with Crippen LogP contribution in [0.4, 0.5) is 0 Å². The van der Waals surface area contributed by atoms with E-state index in [0.717, 1.165) is 12.5 Å². The van der Waals surface area contributed by atoms with E-state index in [1.807, 2.05) is 0 Å². The van der Waals surface area contributed by atoms with Crippen LogP contribution in [0.2, 0.25) is 0 Å². The summed E-state index contributed by atoms with van der Waals surface area (Å²) in [6.07, 6.45) is 2.96. The van der Waals surface area contributed by atoms with Gasteiger partial charge in [0.05, 0.1) is 6.10 Å². The predicted octanol–water partition coefficient (Wildman–Crippen LogP) is 2.85. The van der Waals surface area contributed by atoms with Gasteiger partial charge in [0.2, 0.25) is 0 Å². The van der Waals surface area contributed by atoms with Crippen LogP contribution in [0.15, 0.2) is 0 Å². The largest absolute Gasteiger partial charge is 0.378 e. The van der Waals surface area contributed by atoms with Crippen molar-refractivity contribution in [3.63, 3.8) is 0 Å². The van der Waals surface area contributed by atoms with E-state index in [0.29, 0.717) is 11.5 Å². The molecule has 0 bridgehead atoms. The molecule has 66 valence electrons. The first-order valence-electron chi connectivity index (χ1n) is 4.62. The fourth-order valence-corrected chi connectivity index (χ4v) is 1.78. The Labute approximate surface area is 70.1 Å². The molecule has 2 atom stereocenters. The summed E-state index contributed by atoms with van der Waals surface area (Å²) in [6, 6.07) is 0. The lowest BCUT2D eigenvalue weighted by molar-refractivity contribution is -0.0248. The van der Waals surface area contributed by atoms with Gasteiger partial charge in [0.1, 0.15) is 0 Å². The van der Waals surface area contributed by atoms with E-state index >= 15 is 0 Å². The van der Waals surface area contributed by atoms with Crippen LogP contribution in [0.1, 0.15) is 40.5 Å². The fourth-order valence-electron chi connectivity index (χ4n) is 1.78. The third-order valence-corrected chi connectivity index (χ3v) is 2.71. The highest BCUT2D eigenvalue weighted by Crippen LogP contribution is 2.35. The number of hydrogen-bond donors (Lipinski definition) is 0. The molecule has 0 N–H and O–H groups in total. The first-order valence-corrected chi connectivity index (χ1v) is 4.62. The summed E-state index contributed by atoms with van der Waals surface area (Å²) in [6.45, 7) is 10.1. The number of hydrogen-bond acceptors (Lipinski definition) is 1. The van der Waals surface area contributed by atoms with Crippen molar-refractivity contribution >= 4 is 0 Å². The molecule has 0 spiro atoms. The van der Waals surface area contributed by atoms with Crippen LogP contribution >= 0.6 is 0 Å². The summed E-state index contributed by atoms with van der Waals surface area (Å²) < 4.78 is 5.50. The van der Waals surface area contributed by atoms with Crippen molar-refractivity contribution in [3.8, 4) is 0 Å². The minimum absolute atomic E-state index is 0.470. The quantitative estimate of drug-likeness (QED) is 0.524. The lowest BCUT2D eigenvalue weighted by atomic mass is 9.75. The zero-order chi connectivity index (χ0) is 8.48. The summed E-state index contributed by atoms with van der Waals surface area (Å²) in [7, 11) is 0. The van der Waals surface area contributed by atoms with Gasteiger partial charge in [-0.15, -0.1) is 0 Å². The molecule has 1 nitrogen and oxygen atoms in total. The van der Waals surface area contributed by atoms with Crippen LogP contribution < -0.4 is 0 Å². The second-order valence-electron chi connectivity index (χ2n) is 4.77. The lowest BCUT2D eigenvalue weighted by Gasteiger charge is -2.36. The van der Waals surface area contributed by atoms with E-state index < -0.39 is 0 Å². The van der Waals surface area contributed by atoms with Gasteiger partial charge in [-0.3, -0.25) is 0 Å². The summed E-state index contributed by atoms with van der Waals surface area (Å²) >= 11 is 0. The molecule has 0 aromatic rings. The smallest absolute Gasteiger partial charge is 0.0549 e. The first kappa shape index (κ1) is 9.05. The summed E-state index contributed by atoms with van der Waals surface area (Å²) in [4.78, 5) is 0.